The lowest BCUT2D eigenvalue weighted by Crippen LogP contribution is -2.42. The quantitative estimate of drug-likeness (QED) is 0.525. The second-order valence-electron chi connectivity index (χ2n) is 8.65. The van der Waals surface area contributed by atoms with Gasteiger partial charge in [-0.15, -0.1) is 5.10 Å². The summed E-state index contributed by atoms with van der Waals surface area (Å²) in [4.78, 5) is 12.9. The molecule has 1 saturated heterocycles. The van der Waals surface area contributed by atoms with Gasteiger partial charge in [0.25, 0.3) is 0 Å². The SMILES string of the molecule is CCC(C)n1nnc2cc(S(=O)(=O)N3CCC(C(=O)NCc4ccccc4OC)CC3)ccc21. The van der Waals surface area contributed by atoms with Crippen LogP contribution in [0.1, 0.15) is 44.7 Å². The van der Waals surface area contributed by atoms with Crippen molar-refractivity contribution < 1.29 is 17.9 Å². The molecule has 2 heterocycles. The Hall–Kier alpha value is -2.98. The highest BCUT2D eigenvalue weighted by atomic mass is 32.2. The highest BCUT2D eigenvalue weighted by Crippen LogP contribution is 2.27. The first-order chi connectivity index (χ1) is 16.3. The van der Waals surface area contributed by atoms with E-state index in [-0.39, 0.29) is 22.8 Å². The number of aromatic nitrogens is 3. The van der Waals surface area contributed by atoms with Gasteiger partial charge in [-0.1, -0.05) is 30.3 Å². The molecular weight excluding hydrogens is 454 g/mol. The molecule has 182 valence electrons. The Kier molecular flexibility index (Phi) is 7.18. The van der Waals surface area contributed by atoms with E-state index >= 15 is 0 Å². The number of sulfonamides is 1. The van der Waals surface area contributed by atoms with Gasteiger partial charge in [-0.3, -0.25) is 4.79 Å². The first-order valence-corrected chi connectivity index (χ1v) is 13.0. The average molecular weight is 486 g/mol. The fourth-order valence-electron chi connectivity index (χ4n) is 4.26. The summed E-state index contributed by atoms with van der Waals surface area (Å²) in [6, 6.07) is 12.7. The number of carbonyl (C=O) groups excluding carboxylic acids is 1. The van der Waals surface area contributed by atoms with Gasteiger partial charge < -0.3 is 10.1 Å². The van der Waals surface area contributed by atoms with Gasteiger partial charge in [-0.05, 0) is 50.5 Å². The molecule has 0 spiro atoms. The number of hydrogen-bond acceptors (Lipinski definition) is 6. The van der Waals surface area contributed by atoms with Crippen LogP contribution < -0.4 is 10.1 Å². The molecule has 34 heavy (non-hydrogen) atoms. The van der Waals surface area contributed by atoms with E-state index in [1.165, 1.54) is 4.31 Å². The van der Waals surface area contributed by atoms with Gasteiger partial charge in [-0.2, -0.15) is 4.31 Å². The van der Waals surface area contributed by atoms with Crippen molar-refractivity contribution in [2.24, 2.45) is 5.92 Å². The number of rotatable bonds is 8. The van der Waals surface area contributed by atoms with Gasteiger partial charge in [0.2, 0.25) is 15.9 Å². The molecule has 0 bridgehead atoms. The van der Waals surface area contributed by atoms with E-state index in [1.54, 1.807) is 25.3 Å². The molecule has 0 radical (unpaired) electrons. The fourth-order valence-corrected chi connectivity index (χ4v) is 5.75. The third-order valence-electron chi connectivity index (χ3n) is 6.56. The maximum absolute atomic E-state index is 13.2. The maximum atomic E-state index is 13.2. The minimum Gasteiger partial charge on any atom is -0.496 e. The average Bonchev–Trinajstić information content (AvgIpc) is 3.30. The van der Waals surface area contributed by atoms with Crippen molar-refractivity contribution in [3.8, 4) is 5.75 Å². The number of para-hydroxylation sites is 1. The van der Waals surface area contributed by atoms with Crippen molar-refractivity contribution >= 4 is 27.0 Å². The molecule has 4 rings (SSSR count). The Morgan fingerprint density at radius 2 is 1.94 bits per heavy atom. The van der Waals surface area contributed by atoms with E-state index in [9.17, 15) is 13.2 Å². The van der Waals surface area contributed by atoms with Crippen molar-refractivity contribution in [2.75, 3.05) is 20.2 Å². The Bertz CT molecular complexity index is 1270. The molecule has 1 atom stereocenters. The number of fused-ring (bicyclic) bond motifs is 1. The standard InChI is InChI=1S/C24H31N5O4S/c1-4-17(2)29-22-10-9-20(15-21(22)26-27-29)34(31,32)28-13-11-18(12-14-28)24(30)25-16-19-7-5-6-8-23(19)33-3/h5-10,15,17-18H,4,11-14,16H2,1-3H3,(H,25,30). The minimum absolute atomic E-state index is 0.0639. The first-order valence-electron chi connectivity index (χ1n) is 11.6. The number of amides is 1. The summed E-state index contributed by atoms with van der Waals surface area (Å²) in [5, 5.41) is 11.3. The molecule has 2 aromatic carbocycles. The second kappa shape index (κ2) is 10.1. The number of nitrogens with one attached hydrogen (secondary N) is 1. The van der Waals surface area contributed by atoms with Crippen LogP contribution in [0.15, 0.2) is 47.4 Å². The lowest BCUT2D eigenvalue weighted by molar-refractivity contribution is -0.126. The van der Waals surface area contributed by atoms with Crippen LogP contribution in [0, 0.1) is 5.92 Å². The zero-order valence-corrected chi connectivity index (χ0v) is 20.6. The summed E-state index contributed by atoms with van der Waals surface area (Å²) in [6.45, 7) is 5.09. The molecular formula is C24H31N5O4S. The molecule has 1 unspecified atom stereocenters. The highest BCUT2D eigenvalue weighted by molar-refractivity contribution is 7.89. The summed E-state index contributed by atoms with van der Waals surface area (Å²) in [5.41, 5.74) is 2.28. The Labute approximate surface area is 200 Å². The van der Waals surface area contributed by atoms with Crippen LogP contribution in [-0.2, 0) is 21.4 Å². The Morgan fingerprint density at radius 1 is 1.21 bits per heavy atom. The first kappa shape index (κ1) is 24.2. The smallest absolute Gasteiger partial charge is 0.243 e. The van der Waals surface area contributed by atoms with Gasteiger partial charge in [-0.25, -0.2) is 13.1 Å². The third-order valence-corrected chi connectivity index (χ3v) is 8.45. The van der Waals surface area contributed by atoms with Crippen LogP contribution in [0.2, 0.25) is 0 Å². The normalized spacial score (nSPS) is 16.4. The van der Waals surface area contributed by atoms with Gasteiger partial charge in [0, 0.05) is 31.1 Å². The maximum Gasteiger partial charge on any atom is 0.243 e. The third kappa shape index (κ3) is 4.78. The van der Waals surface area contributed by atoms with Gasteiger partial charge >= 0.3 is 0 Å². The second-order valence-corrected chi connectivity index (χ2v) is 10.6. The van der Waals surface area contributed by atoms with Crippen molar-refractivity contribution in [2.45, 2.75) is 50.6 Å². The Balaban J connectivity index is 1.38. The van der Waals surface area contributed by atoms with E-state index in [2.05, 4.69) is 29.5 Å². The summed E-state index contributed by atoms with van der Waals surface area (Å²) >= 11 is 0. The van der Waals surface area contributed by atoms with Gasteiger partial charge in [0.05, 0.1) is 23.6 Å². The lowest BCUT2D eigenvalue weighted by Gasteiger charge is -2.30. The number of benzene rings is 2. The number of piperidine rings is 1. The predicted molar refractivity (Wildman–Crippen MR) is 129 cm³/mol. The molecule has 1 aliphatic rings. The van der Waals surface area contributed by atoms with Crippen LogP contribution in [0.3, 0.4) is 0 Å². The number of carbonyl (C=O) groups is 1. The van der Waals surface area contributed by atoms with Crippen LogP contribution >= 0.6 is 0 Å². The summed E-state index contributed by atoms with van der Waals surface area (Å²) < 4.78 is 35.1. The molecule has 9 nitrogen and oxygen atoms in total. The molecule has 1 amide bonds. The van der Waals surface area contributed by atoms with Crippen LogP contribution in [0.5, 0.6) is 5.75 Å². The van der Waals surface area contributed by atoms with Crippen LogP contribution in [-0.4, -0.2) is 53.8 Å². The molecule has 0 saturated carbocycles. The zero-order chi connectivity index (χ0) is 24.3. The number of methoxy groups -OCH3 is 1. The minimum atomic E-state index is -3.68. The molecule has 1 aromatic heterocycles. The summed E-state index contributed by atoms with van der Waals surface area (Å²) in [7, 11) is -2.08. The van der Waals surface area contributed by atoms with Crippen molar-refractivity contribution in [1.82, 2.24) is 24.6 Å². The summed E-state index contributed by atoms with van der Waals surface area (Å²) in [5.74, 6) is 0.440. The van der Waals surface area contributed by atoms with Gasteiger partial charge in [0.15, 0.2) is 0 Å². The van der Waals surface area contributed by atoms with E-state index < -0.39 is 10.0 Å². The monoisotopic (exact) mass is 485 g/mol. The van der Waals surface area contributed by atoms with Crippen LogP contribution in [0.25, 0.3) is 11.0 Å². The fraction of sp³-hybridized carbons (Fsp3) is 0.458. The number of ether oxygens (including phenoxy) is 1. The van der Waals surface area contributed by atoms with Crippen molar-refractivity contribution in [3.63, 3.8) is 0 Å². The molecule has 1 fully saturated rings. The van der Waals surface area contributed by atoms with E-state index in [0.29, 0.717) is 38.0 Å². The van der Waals surface area contributed by atoms with E-state index in [4.69, 9.17) is 4.74 Å². The largest absolute Gasteiger partial charge is 0.496 e. The number of hydrogen-bond donors (Lipinski definition) is 1. The molecule has 3 aromatic rings. The van der Waals surface area contributed by atoms with E-state index in [0.717, 1.165) is 23.3 Å². The molecule has 1 N–H and O–H groups in total. The topological polar surface area (TPSA) is 106 Å². The molecule has 10 heteroatoms. The van der Waals surface area contributed by atoms with Gasteiger partial charge in [0.1, 0.15) is 11.3 Å². The van der Waals surface area contributed by atoms with E-state index in [1.807, 2.05) is 28.9 Å². The summed E-state index contributed by atoms with van der Waals surface area (Å²) in [6.07, 6.45) is 1.85. The van der Waals surface area contributed by atoms with Crippen LogP contribution in [0.4, 0.5) is 0 Å². The Morgan fingerprint density at radius 3 is 2.65 bits per heavy atom. The zero-order valence-electron chi connectivity index (χ0n) is 19.8. The lowest BCUT2D eigenvalue weighted by atomic mass is 9.97. The molecule has 1 aliphatic heterocycles. The molecule has 0 aliphatic carbocycles. The predicted octanol–water partition coefficient (Wildman–Crippen LogP) is 3.13. The highest BCUT2D eigenvalue weighted by Gasteiger charge is 2.32. The van der Waals surface area contributed by atoms with Crippen molar-refractivity contribution in [3.05, 3.63) is 48.0 Å². The number of nitrogens with zero attached hydrogens (tertiary/aromatic N) is 4. The van der Waals surface area contributed by atoms with Crippen molar-refractivity contribution in [1.29, 1.82) is 0 Å².